The van der Waals surface area contributed by atoms with Gasteiger partial charge in [0.15, 0.2) is 11.5 Å². The van der Waals surface area contributed by atoms with E-state index in [1.54, 1.807) is 24.3 Å². The molecule has 0 bridgehead atoms. The van der Waals surface area contributed by atoms with E-state index in [0.717, 1.165) is 17.1 Å². The molecular weight excluding hydrogens is 566 g/mol. The van der Waals surface area contributed by atoms with Crippen LogP contribution in [0.4, 0.5) is 5.69 Å². The fourth-order valence-corrected chi connectivity index (χ4v) is 4.07. The second-order valence-electron chi connectivity index (χ2n) is 8.04. The first kappa shape index (κ1) is 26.2. The van der Waals surface area contributed by atoms with Gasteiger partial charge in [-0.2, -0.15) is 9.78 Å². The van der Waals surface area contributed by atoms with Crippen LogP contribution in [0.1, 0.15) is 37.6 Å². The van der Waals surface area contributed by atoms with E-state index < -0.39 is 4.92 Å². The number of hydrogen-bond acceptors (Lipinski definition) is 8. The zero-order valence-electron chi connectivity index (χ0n) is 20.0. The van der Waals surface area contributed by atoms with Crippen molar-refractivity contribution in [2.75, 3.05) is 7.11 Å². The van der Waals surface area contributed by atoms with Gasteiger partial charge in [-0.3, -0.25) is 14.9 Å². The van der Waals surface area contributed by atoms with Crippen LogP contribution in [0.3, 0.4) is 0 Å². The molecule has 10 nitrogen and oxygen atoms in total. The highest BCUT2D eigenvalue weighted by molar-refractivity contribution is 9.10. The van der Waals surface area contributed by atoms with Gasteiger partial charge in [-0.15, -0.1) is 0 Å². The van der Waals surface area contributed by atoms with E-state index >= 15 is 0 Å². The van der Waals surface area contributed by atoms with Crippen LogP contribution in [0.2, 0.25) is 5.02 Å². The predicted molar refractivity (Wildman–Crippen MR) is 144 cm³/mol. The number of aromatic nitrogens is 3. The molecule has 0 spiro atoms. The number of methoxy groups -OCH3 is 1. The second-order valence-corrected chi connectivity index (χ2v) is 9.39. The maximum atomic E-state index is 13.4. The lowest BCUT2D eigenvalue weighted by Gasteiger charge is -2.15. The number of ether oxygens (including phenoxy) is 2. The normalized spacial score (nSPS) is 12.1. The molecule has 0 saturated heterocycles. The molecule has 0 radical (unpaired) electrons. The molecule has 4 rings (SSSR count). The fourth-order valence-electron chi connectivity index (χ4n) is 3.49. The summed E-state index contributed by atoms with van der Waals surface area (Å²) in [5.74, 6) is 1.05. The summed E-state index contributed by atoms with van der Waals surface area (Å²) in [6.45, 7) is 3.97. The Morgan fingerprint density at radius 1 is 1.27 bits per heavy atom. The monoisotopic (exact) mass is 585 g/mol. The molecule has 12 heteroatoms. The van der Waals surface area contributed by atoms with Crippen LogP contribution in [0, 0.1) is 10.1 Å². The highest BCUT2D eigenvalue weighted by atomic mass is 79.9. The second kappa shape index (κ2) is 11.1. The average molecular weight is 587 g/mol. The Hall–Kier alpha value is -3.83. The Morgan fingerprint density at radius 2 is 2.05 bits per heavy atom. The zero-order valence-corrected chi connectivity index (χ0v) is 22.4. The molecule has 0 unspecified atom stereocenters. The van der Waals surface area contributed by atoms with Gasteiger partial charge in [-0.25, -0.2) is 9.97 Å². The van der Waals surface area contributed by atoms with Crippen molar-refractivity contribution < 1.29 is 14.4 Å². The van der Waals surface area contributed by atoms with Gasteiger partial charge in [0.2, 0.25) is 5.88 Å². The number of nitrogens with zero attached hydrogens (tertiary/aromatic N) is 5. The smallest absolute Gasteiger partial charge is 0.287 e. The van der Waals surface area contributed by atoms with Gasteiger partial charge in [0, 0.05) is 39.2 Å². The van der Waals surface area contributed by atoms with Crippen LogP contribution in [0.5, 0.6) is 17.4 Å². The predicted octanol–water partition coefficient (Wildman–Crippen LogP) is 6.31. The number of rotatable bonds is 8. The molecule has 0 aliphatic rings. The quantitative estimate of drug-likeness (QED) is 0.135. The number of halogens is 2. The van der Waals surface area contributed by atoms with Crippen LogP contribution >= 0.6 is 27.5 Å². The van der Waals surface area contributed by atoms with E-state index in [0.29, 0.717) is 27.3 Å². The van der Waals surface area contributed by atoms with Gasteiger partial charge >= 0.3 is 0 Å². The van der Waals surface area contributed by atoms with Gasteiger partial charge in [-0.1, -0.05) is 41.4 Å². The van der Waals surface area contributed by atoms with Crippen molar-refractivity contribution in [3.05, 3.63) is 90.0 Å². The van der Waals surface area contributed by atoms with Gasteiger partial charge in [0.25, 0.3) is 11.2 Å². The van der Waals surface area contributed by atoms with E-state index in [1.807, 2.05) is 19.9 Å². The number of fused-ring (bicyclic) bond motifs is 1. The summed E-state index contributed by atoms with van der Waals surface area (Å²) < 4.78 is 13.4. The Balaban J connectivity index is 1.84. The third-order valence-electron chi connectivity index (χ3n) is 5.61. The molecule has 0 N–H and O–H groups in total. The molecule has 0 aliphatic heterocycles. The van der Waals surface area contributed by atoms with Crippen molar-refractivity contribution in [1.82, 2.24) is 14.6 Å². The molecule has 2 aromatic carbocycles. The summed E-state index contributed by atoms with van der Waals surface area (Å²) >= 11 is 9.70. The highest BCUT2D eigenvalue weighted by Crippen LogP contribution is 2.37. The molecule has 0 aliphatic carbocycles. The maximum absolute atomic E-state index is 13.4. The summed E-state index contributed by atoms with van der Waals surface area (Å²) in [4.78, 5) is 32.5. The number of pyridine rings is 1. The lowest BCUT2D eigenvalue weighted by atomic mass is 10.1. The minimum Gasteiger partial charge on any atom is -0.493 e. The van der Waals surface area contributed by atoms with Crippen molar-refractivity contribution in [2.24, 2.45) is 5.10 Å². The number of nitro groups is 1. The van der Waals surface area contributed by atoms with E-state index in [9.17, 15) is 14.9 Å². The fraction of sp³-hybridized carbons (Fsp3) is 0.200. The van der Waals surface area contributed by atoms with Gasteiger partial charge in [-0.05, 0) is 30.7 Å². The van der Waals surface area contributed by atoms with Crippen molar-refractivity contribution >= 4 is 50.3 Å². The Morgan fingerprint density at radius 3 is 2.70 bits per heavy atom. The summed E-state index contributed by atoms with van der Waals surface area (Å²) in [6.07, 6.45) is 3.26. The molecule has 2 heterocycles. The van der Waals surface area contributed by atoms with Crippen LogP contribution in [0.25, 0.3) is 10.9 Å². The van der Waals surface area contributed by atoms with Crippen molar-refractivity contribution in [1.29, 1.82) is 0 Å². The molecule has 4 aromatic rings. The summed E-state index contributed by atoms with van der Waals surface area (Å²) in [5, 5.41) is 16.2. The highest BCUT2D eigenvalue weighted by Gasteiger charge is 2.18. The van der Waals surface area contributed by atoms with Crippen LogP contribution < -0.4 is 15.0 Å². The van der Waals surface area contributed by atoms with E-state index in [1.165, 1.54) is 30.1 Å². The van der Waals surface area contributed by atoms with E-state index in [-0.39, 0.29) is 34.5 Å². The SMILES string of the molecule is CC[C@@H](C)c1nc2ccc(Br)cc2c(=O)n1N=Cc1cc(Cl)cc(OC)c1Oc1ccc([N+](=O)[O-])cn1. The molecule has 2 aromatic heterocycles. The zero-order chi connectivity index (χ0) is 26.7. The molecule has 190 valence electrons. The third-order valence-corrected chi connectivity index (χ3v) is 6.32. The standard InChI is InChI=1S/C25H21BrClN5O5/c1-4-14(2)24-30-20-7-5-16(26)10-19(20)25(33)31(24)29-12-15-9-17(27)11-21(36-3)23(15)37-22-8-6-18(13-28-22)32(34)35/h5-14H,4H2,1-3H3/t14-/m1/s1. The molecule has 0 saturated carbocycles. The molecular formula is C25H21BrClN5O5. The number of hydrogen-bond donors (Lipinski definition) is 0. The first-order valence-corrected chi connectivity index (χ1v) is 12.3. The third kappa shape index (κ3) is 5.62. The minimum atomic E-state index is -0.555. The average Bonchev–Trinajstić information content (AvgIpc) is 2.89. The lowest BCUT2D eigenvalue weighted by Crippen LogP contribution is -2.23. The van der Waals surface area contributed by atoms with E-state index in [2.05, 4.69) is 26.0 Å². The van der Waals surface area contributed by atoms with Crippen LogP contribution in [-0.4, -0.2) is 32.9 Å². The Kier molecular flexibility index (Phi) is 7.84. The van der Waals surface area contributed by atoms with Crippen molar-refractivity contribution in [2.45, 2.75) is 26.2 Å². The summed E-state index contributed by atoms with van der Waals surface area (Å²) in [7, 11) is 1.44. The number of benzene rings is 2. The van der Waals surface area contributed by atoms with Crippen molar-refractivity contribution in [3.8, 4) is 17.4 Å². The molecule has 37 heavy (non-hydrogen) atoms. The maximum Gasteiger partial charge on any atom is 0.287 e. The lowest BCUT2D eigenvalue weighted by molar-refractivity contribution is -0.385. The van der Waals surface area contributed by atoms with Gasteiger partial charge in [0.1, 0.15) is 12.0 Å². The Bertz CT molecular complexity index is 1570. The van der Waals surface area contributed by atoms with E-state index in [4.69, 9.17) is 26.1 Å². The first-order valence-electron chi connectivity index (χ1n) is 11.1. The Labute approximate surface area is 224 Å². The molecule has 0 amide bonds. The largest absolute Gasteiger partial charge is 0.493 e. The summed E-state index contributed by atoms with van der Waals surface area (Å²) in [6, 6.07) is 11.1. The molecule has 1 atom stereocenters. The topological polar surface area (TPSA) is 122 Å². The molecule has 0 fully saturated rings. The first-order chi connectivity index (χ1) is 17.7. The minimum absolute atomic E-state index is 0.0492. The van der Waals surface area contributed by atoms with Gasteiger partial charge < -0.3 is 9.47 Å². The van der Waals surface area contributed by atoms with Crippen LogP contribution in [0.15, 0.2) is 63.0 Å². The van der Waals surface area contributed by atoms with Crippen molar-refractivity contribution in [3.63, 3.8) is 0 Å². The van der Waals surface area contributed by atoms with Gasteiger partial charge in [0.05, 0.1) is 29.2 Å². The van der Waals surface area contributed by atoms with Crippen LogP contribution in [-0.2, 0) is 0 Å². The summed E-state index contributed by atoms with van der Waals surface area (Å²) in [5.41, 5.74) is 0.462.